The molecule has 1 aromatic carbocycles. The fraction of sp³-hybridized carbons (Fsp3) is 0.562. The van der Waals surface area contributed by atoms with Gasteiger partial charge in [0.2, 0.25) is 5.91 Å². The maximum absolute atomic E-state index is 12.8. The van der Waals surface area contributed by atoms with Crippen LogP contribution in [0.4, 0.5) is 0 Å². The number of likely N-dealkylation sites (tertiary alicyclic amines) is 1. The Labute approximate surface area is 142 Å². The maximum atomic E-state index is 12.8. The number of nitrogens with one attached hydrogen (secondary N) is 1. The van der Waals surface area contributed by atoms with Crippen LogP contribution in [0.2, 0.25) is 0 Å². The molecule has 1 heterocycles. The Bertz CT molecular complexity index is 485. The quantitative estimate of drug-likeness (QED) is 0.878. The first-order valence-electron chi connectivity index (χ1n) is 7.18. The number of amides is 1. The summed E-state index contributed by atoms with van der Waals surface area (Å²) >= 11 is 3.48. The monoisotopic (exact) mass is 374 g/mol. The molecular weight excluding hydrogens is 352 g/mol. The maximum Gasteiger partial charge on any atom is 0.232 e. The Morgan fingerprint density at radius 1 is 1.33 bits per heavy atom. The summed E-state index contributed by atoms with van der Waals surface area (Å²) in [6.45, 7) is 5.73. The van der Waals surface area contributed by atoms with Gasteiger partial charge in [-0.25, -0.2) is 0 Å². The van der Waals surface area contributed by atoms with Crippen LogP contribution in [0.5, 0.6) is 0 Å². The van der Waals surface area contributed by atoms with Crippen LogP contribution in [-0.2, 0) is 10.2 Å². The van der Waals surface area contributed by atoms with Crippen molar-refractivity contribution in [2.24, 2.45) is 0 Å². The van der Waals surface area contributed by atoms with Crippen molar-refractivity contribution in [3.05, 3.63) is 34.3 Å². The lowest BCUT2D eigenvalue weighted by atomic mass is 9.82. The van der Waals surface area contributed by atoms with Crippen LogP contribution in [0.15, 0.2) is 28.7 Å². The van der Waals surface area contributed by atoms with E-state index in [1.54, 1.807) is 0 Å². The predicted octanol–water partition coefficient (Wildman–Crippen LogP) is 3.36. The first-order chi connectivity index (χ1) is 9.45. The van der Waals surface area contributed by atoms with E-state index in [1.165, 1.54) is 0 Å². The number of halogens is 2. The van der Waals surface area contributed by atoms with Gasteiger partial charge in [0.25, 0.3) is 0 Å². The molecule has 3 nitrogen and oxygen atoms in total. The number of nitrogens with zero attached hydrogens (tertiary/aromatic N) is 1. The number of piperidine rings is 1. The lowest BCUT2D eigenvalue weighted by Gasteiger charge is -2.37. The normalized spacial score (nSPS) is 16.5. The van der Waals surface area contributed by atoms with Crippen LogP contribution < -0.4 is 5.32 Å². The smallest absolute Gasteiger partial charge is 0.232 e. The Balaban J connectivity index is 0.00000220. The van der Waals surface area contributed by atoms with Gasteiger partial charge in [0.1, 0.15) is 0 Å². The van der Waals surface area contributed by atoms with Crippen LogP contribution in [0, 0.1) is 0 Å². The van der Waals surface area contributed by atoms with Gasteiger partial charge in [0.15, 0.2) is 0 Å². The summed E-state index contributed by atoms with van der Waals surface area (Å²) in [6.07, 6.45) is 2.08. The van der Waals surface area contributed by atoms with Gasteiger partial charge in [-0.2, -0.15) is 0 Å². The van der Waals surface area contributed by atoms with E-state index in [-0.39, 0.29) is 18.3 Å². The minimum Gasteiger partial charge on any atom is -0.342 e. The molecule has 0 aliphatic carbocycles. The van der Waals surface area contributed by atoms with E-state index in [0.717, 1.165) is 36.0 Å². The largest absolute Gasteiger partial charge is 0.342 e. The van der Waals surface area contributed by atoms with Crippen molar-refractivity contribution in [2.45, 2.75) is 38.1 Å². The average molecular weight is 376 g/mol. The molecule has 0 saturated carbocycles. The summed E-state index contributed by atoms with van der Waals surface area (Å²) in [7, 11) is 1.99. The number of rotatable bonds is 3. The zero-order chi connectivity index (χ0) is 14.8. The molecule has 1 N–H and O–H groups in total. The van der Waals surface area contributed by atoms with Gasteiger partial charge < -0.3 is 10.2 Å². The molecule has 21 heavy (non-hydrogen) atoms. The second kappa shape index (κ2) is 7.61. The third-order valence-electron chi connectivity index (χ3n) is 4.27. The zero-order valence-electron chi connectivity index (χ0n) is 12.9. The SMILES string of the molecule is CNC1CCN(C(=O)C(C)(C)c2cccc(Br)c2)CC1.Cl. The summed E-state index contributed by atoms with van der Waals surface area (Å²) in [5.41, 5.74) is 0.587. The highest BCUT2D eigenvalue weighted by atomic mass is 79.9. The Hall–Kier alpha value is -0.580. The Morgan fingerprint density at radius 3 is 2.48 bits per heavy atom. The minimum atomic E-state index is -0.476. The molecule has 1 amide bonds. The predicted molar refractivity (Wildman–Crippen MR) is 93.1 cm³/mol. The fourth-order valence-electron chi connectivity index (χ4n) is 2.77. The van der Waals surface area contributed by atoms with Crippen molar-refractivity contribution >= 4 is 34.2 Å². The summed E-state index contributed by atoms with van der Waals surface area (Å²) < 4.78 is 1.02. The molecule has 1 aliphatic rings. The molecule has 0 aromatic heterocycles. The average Bonchev–Trinajstić information content (AvgIpc) is 2.46. The number of benzene rings is 1. The minimum absolute atomic E-state index is 0. The second-order valence-corrected chi connectivity index (χ2v) is 6.91. The van der Waals surface area contributed by atoms with Gasteiger partial charge in [-0.05, 0) is 51.4 Å². The van der Waals surface area contributed by atoms with Crippen molar-refractivity contribution in [2.75, 3.05) is 20.1 Å². The number of hydrogen-bond acceptors (Lipinski definition) is 2. The third-order valence-corrected chi connectivity index (χ3v) is 4.76. The topological polar surface area (TPSA) is 32.3 Å². The second-order valence-electron chi connectivity index (χ2n) is 5.99. The van der Waals surface area contributed by atoms with Gasteiger partial charge in [-0.15, -0.1) is 12.4 Å². The molecule has 5 heteroatoms. The van der Waals surface area contributed by atoms with Gasteiger partial charge in [-0.3, -0.25) is 4.79 Å². The summed E-state index contributed by atoms with van der Waals surface area (Å²) in [5.74, 6) is 0.227. The highest BCUT2D eigenvalue weighted by molar-refractivity contribution is 9.10. The molecular formula is C16H24BrClN2O. The van der Waals surface area contributed by atoms with E-state index in [9.17, 15) is 4.79 Å². The fourth-order valence-corrected chi connectivity index (χ4v) is 3.17. The van der Waals surface area contributed by atoms with Gasteiger partial charge in [-0.1, -0.05) is 28.1 Å². The van der Waals surface area contributed by atoms with Crippen molar-refractivity contribution < 1.29 is 4.79 Å². The summed E-state index contributed by atoms with van der Waals surface area (Å²) in [5, 5.41) is 3.30. The first-order valence-corrected chi connectivity index (χ1v) is 7.97. The standard InChI is InChI=1S/C16H23BrN2O.ClH/c1-16(2,12-5-4-6-13(17)11-12)15(20)19-9-7-14(18-3)8-10-19;/h4-6,11,14,18H,7-10H2,1-3H3;1H. The van der Waals surface area contributed by atoms with Crippen molar-refractivity contribution in [3.8, 4) is 0 Å². The Kier molecular flexibility index (Phi) is 6.70. The van der Waals surface area contributed by atoms with Crippen LogP contribution >= 0.6 is 28.3 Å². The molecule has 118 valence electrons. The molecule has 0 radical (unpaired) electrons. The lowest BCUT2D eigenvalue weighted by Crippen LogP contribution is -2.49. The lowest BCUT2D eigenvalue weighted by molar-refractivity contribution is -0.137. The van der Waals surface area contributed by atoms with Crippen molar-refractivity contribution in [3.63, 3.8) is 0 Å². The van der Waals surface area contributed by atoms with Gasteiger partial charge >= 0.3 is 0 Å². The number of hydrogen-bond donors (Lipinski definition) is 1. The van der Waals surface area contributed by atoms with Crippen molar-refractivity contribution in [1.29, 1.82) is 0 Å². The molecule has 1 aromatic rings. The van der Waals surface area contributed by atoms with E-state index >= 15 is 0 Å². The highest BCUT2D eigenvalue weighted by Gasteiger charge is 2.35. The van der Waals surface area contributed by atoms with Crippen LogP contribution in [0.25, 0.3) is 0 Å². The third kappa shape index (κ3) is 4.21. The molecule has 0 atom stereocenters. The van der Waals surface area contributed by atoms with E-state index in [4.69, 9.17) is 0 Å². The molecule has 1 aliphatic heterocycles. The van der Waals surface area contributed by atoms with Crippen molar-refractivity contribution in [1.82, 2.24) is 10.2 Å². The number of carbonyl (C=O) groups is 1. The van der Waals surface area contributed by atoms with E-state index in [0.29, 0.717) is 6.04 Å². The molecule has 2 rings (SSSR count). The van der Waals surface area contributed by atoms with E-state index in [2.05, 4.69) is 21.2 Å². The van der Waals surface area contributed by atoms with Crippen LogP contribution in [0.3, 0.4) is 0 Å². The molecule has 0 bridgehead atoms. The van der Waals surface area contributed by atoms with Gasteiger partial charge in [0, 0.05) is 23.6 Å². The van der Waals surface area contributed by atoms with E-state index in [1.807, 2.05) is 50.1 Å². The first kappa shape index (κ1) is 18.5. The summed E-state index contributed by atoms with van der Waals surface area (Å²) in [6, 6.07) is 8.60. The highest BCUT2D eigenvalue weighted by Crippen LogP contribution is 2.29. The zero-order valence-corrected chi connectivity index (χ0v) is 15.3. The summed E-state index contributed by atoms with van der Waals surface area (Å²) in [4.78, 5) is 14.8. The van der Waals surface area contributed by atoms with Crippen LogP contribution in [0.1, 0.15) is 32.3 Å². The molecule has 0 spiro atoms. The molecule has 1 fully saturated rings. The van der Waals surface area contributed by atoms with Gasteiger partial charge in [0.05, 0.1) is 5.41 Å². The van der Waals surface area contributed by atoms with E-state index < -0.39 is 5.41 Å². The Morgan fingerprint density at radius 2 is 1.95 bits per heavy atom. The van der Waals surface area contributed by atoms with Crippen LogP contribution in [-0.4, -0.2) is 37.0 Å². The molecule has 0 unspecified atom stereocenters. The number of carbonyl (C=O) groups excluding carboxylic acids is 1. The molecule has 1 saturated heterocycles.